The Hall–Kier alpha value is -2.11. The van der Waals surface area contributed by atoms with Crippen LogP contribution in [0.5, 0.6) is 0 Å². The van der Waals surface area contributed by atoms with Crippen LogP contribution in [0, 0.1) is 12.3 Å². The van der Waals surface area contributed by atoms with Crippen molar-refractivity contribution in [2.24, 2.45) is 5.41 Å². The van der Waals surface area contributed by atoms with Crippen LogP contribution < -0.4 is 4.90 Å². The highest BCUT2D eigenvalue weighted by molar-refractivity contribution is 6.30. The molecular formula is C22H25ClN4O. The lowest BCUT2D eigenvalue weighted by atomic mass is 9.77. The number of ether oxygens (including phenoxy) is 1. The van der Waals surface area contributed by atoms with Crippen LogP contribution in [0.2, 0.25) is 5.02 Å². The van der Waals surface area contributed by atoms with Crippen LogP contribution in [0.25, 0.3) is 5.65 Å². The molecule has 3 aromatic rings. The van der Waals surface area contributed by atoms with Crippen molar-refractivity contribution >= 4 is 23.1 Å². The maximum absolute atomic E-state index is 6.04. The fourth-order valence-electron chi connectivity index (χ4n) is 4.35. The summed E-state index contributed by atoms with van der Waals surface area (Å²) in [6.07, 6.45) is 2.37. The first-order chi connectivity index (χ1) is 13.5. The number of hydrogen-bond acceptors (Lipinski definition) is 4. The molecule has 4 heterocycles. The van der Waals surface area contributed by atoms with E-state index in [4.69, 9.17) is 26.4 Å². The second-order valence-electron chi connectivity index (χ2n) is 8.35. The van der Waals surface area contributed by atoms with Crippen molar-refractivity contribution in [1.82, 2.24) is 14.6 Å². The number of piperidine rings is 1. The van der Waals surface area contributed by atoms with Gasteiger partial charge in [0.25, 0.3) is 0 Å². The number of nitrogens with zero attached hydrogens (tertiary/aromatic N) is 4. The summed E-state index contributed by atoms with van der Waals surface area (Å²) >= 11 is 6.04. The average molecular weight is 397 g/mol. The van der Waals surface area contributed by atoms with Crippen LogP contribution in [-0.4, -0.2) is 40.9 Å². The molecule has 1 spiro atoms. The number of rotatable bonds is 3. The second-order valence-corrected chi connectivity index (χ2v) is 8.78. The summed E-state index contributed by atoms with van der Waals surface area (Å²) in [4.78, 5) is 7.18. The molecule has 0 aliphatic carbocycles. The third-order valence-electron chi connectivity index (χ3n) is 6.33. The van der Waals surface area contributed by atoms with Gasteiger partial charge in [-0.1, -0.05) is 30.7 Å². The van der Waals surface area contributed by atoms with Gasteiger partial charge in [-0.3, -0.25) is 0 Å². The standard InChI is InChI=1S/C22H25ClN4O/c1-15-11-21(26-9-7-22(8-10-26)13-28-14-22)27-20(24-15)12-19(25-27)16(2)17-3-5-18(23)6-4-17/h3-6,11-12,16H,7-10,13-14H2,1-2H3. The van der Waals surface area contributed by atoms with E-state index in [1.807, 2.05) is 16.6 Å². The number of anilines is 1. The fraction of sp³-hybridized carbons (Fsp3) is 0.455. The molecule has 146 valence electrons. The molecule has 2 aliphatic heterocycles. The lowest BCUT2D eigenvalue weighted by molar-refractivity contribution is -0.124. The number of fused-ring (bicyclic) bond motifs is 1. The smallest absolute Gasteiger partial charge is 0.157 e. The predicted octanol–water partition coefficient (Wildman–Crippen LogP) is 4.46. The van der Waals surface area contributed by atoms with E-state index in [0.717, 1.165) is 54.2 Å². The fourth-order valence-corrected chi connectivity index (χ4v) is 4.47. The van der Waals surface area contributed by atoms with E-state index in [-0.39, 0.29) is 5.92 Å². The Kier molecular flexibility index (Phi) is 4.33. The summed E-state index contributed by atoms with van der Waals surface area (Å²) in [6, 6.07) is 12.3. The minimum Gasteiger partial charge on any atom is -0.380 e. The van der Waals surface area contributed by atoms with Gasteiger partial charge >= 0.3 is 0 Å². The van der Waals surface area contributed by atoms with Gasteiger partial charge in [-0.05, 0) is 37.5 Å². The highest BCUT2D eigenvalue weighted by Gasteiger charge is 2.41. The third-order valence-corrected chi connectivity index (χ3v) is 6.59. The maximum Gasteiger partial charge on any atom is 0.157 e. The molecule has 0 saturated carbocycles. The molecule has 2 fully saturated rings. The van der Waals surface area contributed by atoms with Gasteiger partial charge in [-0.15, -0.1) is 0 Å². The largest absolute Gasteiger partial charge is 0.380 e. The molecule has 1 unspecified atom stereocenters. The van der Waals surface area contributed by atoms with Gasteiger partial charge < -0.3 is 9.64 Å². The van der Waals surface area contributed by atoms with Crippen LogP contribution >= 0.6 is 11.6 Å². The van der Waals surface area contributed by atoms with Crippen molar-refractivity contribution in [3.63, 3.8) is 0 Å². The lowest BCUT2D eigenvalue weighted by Gasteiger charge is -2.47. The van der Waals surface area contributed by atoms with Crippen molar-refractivity contribution in [3.8, 4) is 0 Å². The molecule has 0 radical (unpaired) electrons. The monoisotopic (exact) mass is 396 g/mol. The predicted molar refractivity (Wildman–Crippen MR) is 111 cm³/mol. The molecule has 5 rings (SSSR count). The lowest BCUT2D eigenvalue weighted by Crippen LogP contribution is -2.51. The van der Waals surface area contributed by atoms with Crippen molar-refractivity contribution in [3.05, 3.63) is 58.4 Å². The minimum atomic E-state index is 0.184. The van der Waals surface area contributed by atoms with Crippen LogP contribution in [-0.2, 0) is 4.74 Å². The van der Waals surface area contributed by atoms with Crippen LogP contribution in [0.3, 0.4) is 0 Å². The van der Waals surface area contributed by atoms with Gasteiger partial charge in [0.1, 0.15) is 5.82 Å². The first kappa shape index (κ1) is 18.0. The number of halogens is 1. The third kappa shape index (κ3) is 3.07. The molecule has 0 amide bonds. The molecule has 0 bridgehead atoms. The number of benzene rings is 1. The highest BCUT2D eigenvalue weighted by atomic mass is 35.5. The van der Waals surface area contributed by atoms with E-state index in [0.29, 0.717) is 5.41 Å². The summed E-state index contributed by atoms with van der Waals surface area (Å²) in [5.74, 6) is 1.33. The van der Waals surface area contributed by atoms with E-state index in [1.165, 1.54) is 18.4 Å². The Morgan fingerprint density at radius 3 is 2.46 bits per heavy atom. The van der Waals surface area contributed by atoms with E-state index in [2.05, 4.69) is 43.0 Å². The second kappa shape index (κ2) is 6.75. The van der Waals surface area contributed by atoms with Crippen molar-refractivity contribution in [1.29, 1.82) is 0 Å². The maximum atomic E-state index is 6.04. The summed E-state index contributed by atoms with van der Waals surface area (Å²) in [5, 5.41) is 5.71. The van der Waals surface area contributed by atoms with Crippen molar-refractivity contribution in [2.45, 2.75) is 32.6 Å². The van der Waals surface area contributed by atoms with Gasteiger partial charge in [-0.2, -0.15) is 9.61 Å². The van der Waals surface area contributed by atoms with Gasteiger partial charge in [0, 0.05) is 47.3 Å². The molecule has 5 nitrogen and oxygen atoms in total. The molecule has 2 aliphatic rings. The van der Waals surface area contributed by atoms with Crippen LogP contribution in [0.1, 0.15) is 42.6 Å². The van der Waals surface area contributed by atoms with Crippen molar-refractivity contribution in [2.75, 3.05) is 31.2 Å². The number of aromatic nitrogens is 3. The molecule has 6 heteroatoms. The Labute approximate surface area is 170 Å². The minimum absolute atomic E-state index is 0.184. The number of hydrogen-bond donors (Lipinski definition) is 0. The van der Waals surface area contributed by atoms with Gasteiger partial charge in [0.2, 0.25) is 0 Å². The molecule has 0 N–H and O–H groups in total. The zero-order chi connectivity index (χ0) is 19.3. The summed E-state index contributed by atoms with van der Waals surface area (Å²) < 4.78 is 7.49. The zero-order valence-electron chi connectivity index (χ0n) is 16.4. The van der Waals surface area contributed by atoms with E-state index in [1.54, 1.807) is 0 Å². The first-order valence-electron chi connectivity index (χ1n) is 9.99. The van der Waals surface area contributed by atoms with E-state index < -0.39 is 0 Å². The topological polar surface area (TPSA) is 42.7 Å². The molecular weight excluding hydrogens is 372 g/mol. The molecule has 2 saturated heterocycles. The summed E-state index contributed by atoms with van der Waals surface area (Å²) in [6.45, 7) is 8.18. The Bertz CT molecular complexity index is 999. The summed E-state index contributed by atoms with van der Waals surface area (Å²) in [5.41, 5.74) is 4.60. The van der Waals surface area contributed by atoms with Gasteiger partial charge in [0.05, 0.1) is 18.9 Å². The van der Waals surface area contributed by atoms with Crippen LogP contribution in [0.4, 0.5) is 5.82 Å². The quantitative estimate of drug-likeness (QED) is 0.655. The Morgan fingerprint density at radius 2 is 1.82 bits per heavy atom. The SMILES string of the molecule is Cc1cc(N2CCC3(CC2)COC3)n2nc(C(C)c3ccc(Cl)cc3)cc2n1. The molecule has 28 heavy (non-hydrogen) atoms. The Balaban J connectivity index is 1.47. The highest BCUT2D eigenvalue weighted by Crippen LogP contribution is 2.39. The average Bonchev–Trinajstić information content (AvgIpc) is 3.10. The molecule has 1 aromatic carbocycles. The number of aryl methyl sites for hydroxylation is 1. The van der Waals surface area contributed by atoms with Gasteiger partial charge in [-0.25, -0.2) is 4.98 Å². The van der Waals surface area contributed by atoms with Gasteiger partial charge in [0.15, 0.2) is 5.65 Å². The zero-order valence-corrected chi connectivity index (χ0v) is 17.1. The van der Waals surface area contributed by atoms with Crippen molar-refractivity contribution < 1.29 is 4.74 Å². The molecule has 2 aromatic heterocycles. The van der Waals surface area contributed by atoms with E-state index >= 15 is 0 Å². The summed E-state index contributed by atoms with van der Waals surface area (Å²) in [7, 11) is 0. The normalized spacial score (nSPS) is 19.8. The Morgan fingerprint density at radius 1 is 1.11 bits per heavy atom. The molecule has 1 atom stereocenters. The van der Waals surface area contributed by atoms with E-state index in [9.17, 15) is 0 Å². The first-order valence-corrected chi connectivity index (χ1v) is 10.4. The van der Waals surface area contributed by atoms with Crippen LogP contribution in [0.15, 0.2) is 36.4 Å².